The molecule has 2 heterocycles. The standard InChI is InChI=1S/C25H20N4OS/c30-23(15-19(17-9-3-1-4-10-17)18-11-5-2-6-12-18)29-25-28-22(16-31-25)24-26-20-13-7-8-14-21(20)27-24/h1-14,16,19H,15H2,(H,26,27)(H,28,29,30). The number of aromatic amines is 1. The molecular formula is C25H20N4OS. The van der Waals surface area contributed by atoms with Gasteiger partial charge in [0, 0.05) is 17.7 Å². The topological polar surface area (TPSA) is 70.7 Å². The Balaban J connectivity index is 1.33. The van der Waals surface area contributed by atoms with Crippen LogP contribution in [0.3, 0.4) is 0 Å². The molecule has 0 bridgehead atoms. The number of hydrogen-bond donors (Lipinski definition) is 2. The molecule has 0 aliphatic heterocycles. The van der Waals surface area contributed by atoms with Crippen molar-refractivity contribution in [3.05, 3.63) is 101 Å². The fourth-order valence-corrected chi connectivity index (χ4v) is 4.38. The molecule has 152 valence electrons. The lowest BCUT2D eigenvalue weighted by Gasteiger charge is -2.17. The predicted molar refractivity (Wildman–Crippen MR) is 125 cm³/mol. The van der Waals surface area contributed by atoms with E-state index in [2.05, 4.69) is 44.5 Å². The fraction of sp³-hybridized carbons (Fsp3) is 0.0800. The van der Waals surface area contributed by atoms with Gasteiger partial charge in [0.05, 0.1) is 11.0 Å². The molecule has 3 aromatic carbocycles. The summed E-state index contributed by atoms with van der Waals surface area (Å²) in [5.41, 5.74) is 4.81. The Bertz CT molecular complexity index is 1240. The molecule has 5 nitrogen and oxygen atoms in total. The number of thiazole rings is 1. The summed E-state index contributed by atoms with van der Waals surface area (Å²) in [7, 11) is 0. The van der Waals surface area contributed by atoms with E-state index >= 15 is 0 Å². The maximum Gasteiger partial charge on any atom is 0.227 e. The molecule has 5 rings (SSSR count). The second-order valence-electron chi connectivity index (χ2n) is 7.27. The number of benzene rings is 3. The zero-order valence-electron chi connectivity index (χ0n) is 16.7. The van der Waals surface area contributed by atoms with E-state index in [1.54, 1.807) is 0 Å². The van der Waals surface area contributed by atoms with E-state index in [-0.39, 0.29) is 11.8 Å². The van der Waals surface area contributed by atoms with Gasteiger partial charge in [0.25, 0.3) is 0 Å². The van der Waals surface area contributed by atoms with Crippen LogP contribution < -0.4 is 5.32 Å². The lowest BCUT2D eigenvalue weighted by Crippen LogP contribution is -2.16. The molecule has 0 spiro atoms. The van der Waals surface area contributed by atoms with E-state index in [9.17, 15) is 4.79 Å². The van der Waals surface area contributed by atoms with Gasteiger partial charge in [-0.05, 0) is 23.3 Å². The zero-order chi connectivity index (χ0) is 21.0. The van der Waals surface area contributed by atoms with Gasteiger partial charge >= 0.3 is 0 Å². The molecule has 0 aliphatic carbocycles. The number of aromatic nitrogens is 3. The van der Waals surface area contributed by atoms with Crippen LogP contribution >= 0.6 is 11.3 Å². The van der Waals surface area contributed by atoms with Crippen molar-refractivity contribution in [3.63, 3.8) is 0 Å². The molecule has 2 N–H and O–H groups in total. The first-order valence-electron chi connectivity index (χ1n) is 10.1. The molecule has 2 aromatic heterocycles. The number of nitrogens with zero attached hydrogens (tertiary/aromatic N) is 2. The molecule has 5 aromatic rings. The number of carbonyl (C=O) groups is 1. The normalized spacial score (nSPS) is 11.1. The van der Waals surface area contributed by atoms with Gasteiger partial charge in [0.2, 0.25) is 5.91 Å². The zero-order valence-corrected chi connectivity index (χ0v) is 17.5. The summed E-state index contributed by atoms with van der Waals surface area (Å²) in [6, 6.07) is 28.1. The number of para-hydroxylation sites is 2. The van der Waals surface area contributed by atoms with E-state index < -0.39 is 0 Å². The first-order valence-corrected chi connectivity index (χ1v) is 10.9. The van der Waals surface area contributed by atoms with Crippen LogP contribution in [0.5, 0.6) is 0 Å². The molecule has 0 aliphatic rings. The minimum Gasteiger partial charge on any atom is -0.337 e. The third-order valence-electron chi connectivity index (χ3n) is 5.18. The molecule has 0 unspecified atom stereocenters. The van der Waals surface area contributed by atoms with Crippen molar-refractivity contribution in [1.29, 1.82) is 0 Å². The highest BCUT2D eigenvalue weighted by atomic mass is 32.1. The van der Waals surface area contributed by atoms with Gasteiger partial charge in [0.1, 0.15) is 5.69 Å². The number of amides is 1. The van der Waals surface area contributed by atoms with Gasteiger partial charge in [-0.2, -0.15) is 0 Å². The van der Waals surface area contributed by atoms with Crippen molar-refractivity contribution >= 4 is 33.4 Å². The van der Waals surface area contributed by atoms with E-state index in [0.717, 1.165) is 27.9 Å². The molecule has 6 heteroatoms. The first kappa shape index (κ1) is 19.2. The van der Waals surface area contributed by atoms with Crippen LogP contribution in [0.1, 0.15) is 23.5 Å². The van der Waals surface area contributed by atoms with Crippen molar-refractivity contribution in [2.24, 2.45) is 0 Å². The molecule has 1 amide bonds. The van der Waals surface area contributed by atoms with Crippen molar-refractivity contribution in [2.75, 3.05) is 5.32 Å². The number of hydrogen-bond acceptors (Lipinski definition) is 4. The summed E-state index contributed by atoms with van der Waals surface area (Å²) in [4.78, 5) is 25.3. The van der Waals surface area contributed by atoms with Crippen LogP contribution in [0.2, 0.25) is 0 Å². The van der Waals surface area contributed by atoms with E-state index in [0.29, 0.717) is 17.4 Å². The van der Waals surface area contributed by atoms with Crippen LogP contribution in [-0.4, -0.2) is 20.9 Å². The molecule has 0 saturated carbocycles. The molecule has 0 fully saturated rings. The fourth-order valence-electron chi connectivity index (χ4n) is 3.67. The minimum absolute atomic E-state index is 0.0165. The van der Waals surface area contributed by atoms with Gasteiger partial charge in [0.15, 0.2) is 11.0 Å². The summed E-state index contributed by atoms with van der Waals surface area (Å²) >= 11 is 1.40. The van der Waals surface area contributed by atoms with Gasteiger partial charge in [-0.25, -0.2) is 9.97 Å². The van der Waals surface area contributed by atoms with Gasteiger partial charge in [-0.15, -0.1) is 11.3 Å². The predicted octanol–water partition coefficient (Wildman–Crippen LogP) is 5.85. The smallest absolute Gasteiger partial charge is 0.227 e. The molecular weight excluding hydrogens is 404 g/mol. The highest BCUT2D eigenvalue weighted by molar-refractivity contribution is 7.14. The minimum atomic E-state index is -0.0665. The van der Waals surface area contributed by atoms with Crippen molar-refractivity contribution in [2.45, 2.75) is 12.3 Å². The number of rotatable bonds is 6. The summed E-state index contributed by atoms with van der Waals surface area (Å²) in [5, 5.41) is 5.43. The summed E-state index contributed by atoms with van der Waals surface area (Å²) in [6.07, 6.45) is 0.341. The Labute approximate surface area is 183 Å². The lowest BCUT2D eigenvalue weighted by molar-refractivity contribution is -0.116. The van der Waals surface area contributed by atoms with Crippen LogP contribution in [0, 0.1) is 0 Å². The monoisotopic (exact) mass is 424 g/mol. The molecule has 0 atom stereocenters. The summed E-state index contributed by atoms with van der Waals surface area (Å²) in [5.74, 6) is 0.616. The molecule has 31 heavy (non-hydrogen) atoms. The molecule has 0 radical (unpaired) electrons. The number of nitrogens with one attached hydrogen (secondary N) is 2. The highest BCUT2D eigenvalue weighted by Crippen LogP contribution is 2.29. The van der Waals surface area contributed by atoms with Crippen molar-refractivity contribution in [1.82, 2.24) is 15.0 Å². The Morgan fingerprint density at radius 3 is 2.19 bits per heavy atom. The number of carbonyl (C=O) groups excluding carboxylic acids is 1. The van der Waals surface area contributed by atoms with E-state index in [1.165, 1.54) is 11.3 Å². The number of anilines is 1. The second-order valence-corrected chi connectivity index (χ2v) is 8.12. The van der Waals surface area contributed by atoms with Crippen LogP contribution in [0.4, 0.5) is 5.13 Å². The first-order chi connectivity index (χ1) is 15.3. The van der Waals surface area contributed by atoms with Crippen LogP contribution in [0.15, 0.2) is 90.3 Å². The van der Waals surface area contributed by atoms with Crippen LogP contribution in [-0.2, 0) is 4.79 Å². The number of imidazole rings is 1. The third kappa shape index (κ3) is 4.25. The van der Waals surface area contributed by atoms with Gasteiger partial charge in [-0.1, -0.05) is 72.8 Å². The van der Waals surface area contributed by atoms with Crippen molar-refractivity contribution in [3.8, 4) is 11.5 Å². The number of H-pyrrole nitrogens is 1. The largest absolute Gasteiger partial charge is 0.337 e. The van der Waals surface area contributed by atoms with Gasteiger partial charge < -0.3 is 10.3 Å². The SMILES string of the molecule is O=C(CC(c1ccccc1)c1ccccc1)Nc1nc(-c2nc3ccccc3[nH]2)cs1. The second kappa shape index (κ2) is 8.53. The Morgan fingerprint density at radius 2 is 1.52 bits per heavy atom. The average molecular weight is 425 g/mol. The van der Waals surface area contributed by atoms with E-state index in [1.807, 2.05) is 66.0 Å². The average Bonchev–Trinajstić information content (AvgIpc) is 3.45. The Morgan fingerprint density at radius 1 is 0.871 bits per heavy atom. The Kier molecular flexibility index (Phi) is 5.29. The van der Waals surface area contributed by atoms with Crippen LogP contribution in [0.25, 0.3) is 22.6 Å². The van der Waals surface area contributed by atoms with Crippen molar-refractivity contribution < 1.29 is 4.79 Å². The quantitative estimate of drug-likeness (QED) is 0.359. The Hall–Kier alpha value is -3.77. The third-order valence-corrected chi connectivity index (χ3v) is 5.93. The summed E-state index contributed by atoms with van der Waals surface area (Å²) < 4.78 is 0. The number of fused-ring (bicyclic) bond motifs is 1. The summed E-state index contributed by atoms with van der Waals surface area (Å²) in [6.45, 7) is 0. The highest BCUT2D eigenvalue weighted by Gasteiger charge is 2.19. The van der Waals surface area contributed by atoms with E-state index in [4.69, 9.17) is 0 Å². The molecule has 0 saturated heterocycles. The lowest BCUT2D eigenvalue weighted by atomic mass is 9.88. The maximum absolute atomic E-state index is 12.9. The maximum atomic E-state index is 12.9. The van der Waals surface area contributed by atoms with Gasteiger partial charge in [-0.3, -0.25) is 4.79 Å².